The van der Waals surface area contributed by atoms with Gasteiger partial charge in [0.05, 0.1) is 10.2 Å². The number of aliphatic hydroxyl groups excluding tert-OH is 1. The summed E-state index contributed by atoms with van der Waals surface area (Å²) in [5, 5.41) is 9.23. The van der Waals surface area contributed by atoms with E-state index in [9.17, 15) is 22.7 Å². The molecule has 0 fully saturated rings. The average molecular weight is 327 g/mol. The van der Waals surface area contributed by atoms with Gasteiger partial charge in [-0.25, -0.2) is 13.8 Å². The number of fused-ring (bicyclic) bond motifs is 1. The number of rotatable bonds is 3. The van der Waals surface area contributed by atoms with E-state index in [1.807, 2.05) is 0 Å². The molecule has 114 valence electrons. The fourth-order valence-electron chi connectivity index (χ4n) is 2.05. The molecule has 0 saturated heterocycles. The number of thiazole rings is 1. The van der Waals surface area contributed by atoms with Crippen LogP contribution in [0.2, 0.25) is 0 Å². The van der Waals surface area contributed by atoms with Crippen LogP contribution in [0.15, 0.2) is 42.5 Å². The Morgan fingerprint density at radius 2 is 1.82 bits per heavy atom. The lowest BCUT2D eigenvalue weighted by Crippen LogP contribution is -2.24. The normalized spacial score (nSPS) is 13.5. The molecule has 0 aliphatic heterocycles. The predicted molar refractivity (Wildman–Crippen MR) is 74.8 cm³/mol. The maximum atomic E-state index is 14.4. The molecule has 1 N–H and O–H groups in total. The third kappa shape index (κ3) is 2.46. The minimum atomic E-state index is -3.79. The molecule has 1 heterocycles. The molecule has 1 atom stereocenters. The largest absolute Gasteiger partial charge is 0.381 e. The highest BCUT2D eigenvalue weighted by Crippen LogP contribution is 2.43. The minimum absolute atomic E-state index is 0.369. The number of nitrogens with zero attached hydrogens (tertiary/aromatic N) is 1. The van der Waals surface area contributed by atoms with Crippen molar-refractivity contribution in [2.75, 3.05) is 0 Å². The Bertz CT molecular complexity index is 800. The first-order valence-electron chi connectivity index (χ1n) is 6.26. The van der Waals surface area contributed by atoms with Gasteiger partial charge in [0.25, 0.3) is 0 Å². The fraction of sp³-hybridized carbons (Fsp3) is 0.133. The molecule has 0 saturated carbocycles. The van der Waals surface area contributed by atoms with Gasteiger partial charge in [-0.05, 0) is 18.2 Å². The summed E-state index contributed by atoms with van der Waals surface area (Å²) in [5.74, 6) is -5.92. The molecule has 7 heteroatoms. The maximum Gasteiger partial charge on any atom is 0.328 e. The molecular weight excluding hydrogens is 318 g/mol. The van der Waals surface area contributed by atoms with Gasteiger partial charge in [-0.3, -0.25) is 0 Å². The Labute approximate surface area is 126 Å². The summed E-state index contributed by atoms with van der Waals surface area (Å²) >= 11 is 0.719. The van der Waals surface area contributed by atoms with Gasteiger partial charge in [-0.2, -0.15) is 8.78 Å². The van der Waals surface area contributed by atoms with Crippen LogP contribution in [0.4, 0.5) is 17.6 Å². The number of alkyl halides is 2. The summed E-state index contributed by atoms with van der Waals surface area (Å²) in [6, 6.07) is 8.59. The number of hydrogen-bond acceptors (Lipinski definition) is 3. The minimum Gasteiger partial charge on any atom is -0.381 e. The Morgan fingerprint density at radius 3 is 2.50 bits per heavy atom. The highest BCUT2D eigenvalue weighted by atomic mass is 32.1. The van der Waals surface area contributed by atoms with Crippen LogP contribution in [0.1, 0.15) is 16.7 Å². The molecule has 2 nitrogen and oxygen atoms in total. The van der Waals surface area contributed by atoms with Crippen molar-refractivity contribution in [2.24, 2.45) is 0 Å². The van der Waals surface area contributed by atoms with Crippen molar-refractivity contribution in [3.8, 4) is 0 Å². The zero-order valence-corrected chi connectivity index (χ0v) is 11.7. The Hall–Kier alpha value is -1.99. The van der Waals surface area contributed by atoms with E-state index in [4.69, 9.17) is 0 Å². The molecule has 1 unspecified atom stereocenters. The van der Waals surface area contributed by atoms with Crippen LogP contribution in [-0.2, 0) is 5.92 Å². The first-order valence-corrected chi connectivity index (χ1v) is 7.08. The lowest BCUT2D eigenvalue weighted by atomic mass is 10.0. The molecule has 0 aliphatic carbocycles. The van der Waals surface area contributed by atoms with Crippen molar-refractivity contribution in [3.63, 3.8) is 0 Å². The van der Waals surface area contributed by atoms with Crippen molar-refractivity contribution in [1.29, 1.82) is 0 Å². The number of benzene rings is 2. The Balaban J connectivity index is 2.03. The lowest BCUT2D eigenvalue weighted by molar-refractivity contribution is -0.119. The van der Waals surface area contributed by atoms with E-state index < -0.39 is 34.2 Å². The molecule has 3 aromatic rings. The van der Waals surface area contributed by atoms with Gasteiger partial charge < -0.3 is 5.11 Å². The van der Waals surface area contributed by atoms with Gasteiger partial charge in [-0.15, -0.1) is 11.3 Å². The molecule has 3 rings (SSSR count). The van der Waals surface area contributed by atoms with Gasteiger partial charge >= 0.3 is 5.92 Å². The maximum absolute atomic E-state index is 14.4. The van der Waals surface area contributed by atoms with E-state index in [1.54, 1.807) is 24.3 Å². The molecule has 1 aromatic heterocycles. The van der Waals surface area contributed by atoms with E-state index in [-0.39, 0.29) is 0 Å². The summed E-state index contributed by atoms with van der Waals surface area (Å²) in [4.78, 5) is 3.79. The Morgan fingerprint density at radius 1 is 1.09 bits per heavy atom. The number of halogens is 4. The summed E-state index contributed by atoms with van der Waals surface area (Å²) in [6.07, 6.45) is -2.45. The van der Waals surface area contributed by atoms with Crippen LogP contribution in [0, 0.1) is 11.6 Å². The van der Waals surface area contributed by atoms with Gasteiger partial charge in [0.2, 0.25) is 0 Å². The molecule has 0 spiro atoms. The molecule has 0 aliphatic rings. The molecule has 2 aromatic carbocycles. The second kappa shape index (κ2) is 5.33. The third-order valence-electron chi connectivity index (χ3n) is 3.18. The standard InChI is InChI=1S/C15H9F4NOS/c16-8-5-6-9(10(17)7-8)13(21)15(18,19)14-20-11-3-1-2-4-12(11)22-14/h1-7,13,21H. The molecule has 0 radical (unpaired) electrons. The monoisotopic (exact) mass is 327 g/mol. The van der Waals surface area contributed by atoms with E-state index in [1.165, 1.54) is 0 Å². The van der Waals surface area contributed by atoms with Crippen molar-refractivity contribution in [3.05, 3.63) is 64.7 Å². The van der Waals surface area contributed by atoms with Crippen LogP contribution in [0.25, 0.3) is 10.2 Å². The molecule has 0 amide bonds. The molecular formula is C15H9F4NOS. The van der Waals surface area contributed by atoms with Crippen LogP contribution in [0.5, 0.6) is 0 Å². The first kappa shape index (κ1) is 14.9. The van der Waals surface area contributed by atoms with Crippen molar-refractivity contribution in [1.82, 2.24) is 4.98 Å². The quantitative estimate of drug-likeness (QED) is 0.723. The topological polar surface area (TPSA) is 33.1 Å². The second-order valence-electron chi connectivity index (χ2n) is 4.68. The van der Waals surface area contributed by atoms with Crippen LogP contribution in [-0.4, -0.2) is 10.1 Å². The molecule has 0 bridgehead atoms. The summed E-state index contributed by atoms with van der Waals surface area (Å²) in [5.41, 5.74) is -0.306. The van der Waals surface area contributed by atoms with E-state index >= 15 is 0 Å². The number of para-hydroxylation sites is 1. The summed E-state index contributed by atoms with van der Waals surface area (Å²) in [7, 11) is 0. The van der Waals surface area contributed by atoms with Crippen LogP contribution in [0.3, 0.4) is 0 Å². The third-order valence-corrected chi connectivity index (χ3v) is 4.30. The fourth-order valence-corrected chi connectivity index (χ4v) is 3.02. The predicted octanol–water partition coefficient (Wildman–Crippen LogP) is 4.40. The smallest absolute Gasteiger partial charge is 0.328 e. The highest BCUT2D eigenvalue weighted by Gasteiger charge is 2.45. The zero-order valence-electron chi connectivity index (χ0n) is 10.9. The van der Waals surface area contributed by atoms with E-state index in [2.05, 4.69) is 4.98 Å². The average Bonchev–Trinajstić information content (AvgIpc) is 2.91. The SMILES string of the molecule is OC(c1ccc(F)cc1F)C(F)(F)c1nc2ccccc2s1. The number of aromatic nitrogens is 1. The Kier molecular flexibility index (Phi) is 3.62. The van der Waals surface area contributed by atoms with E-state index in [0.29, 0.717) is 16.3 Å². The van der Waals surface area contributed by atoms with Crippen molar-refractivity contribution < 1.29 is 22.7 Å². The van der Waals surface area contributed by atoms with Crippen molar-refractivity contribution in [2.45, 2.75) is 12.0 Å². The summed E-state index contributed by atoms with van der Waals surface area (Å²) < 4.78 is 55.8. The van der Waals surface area contributed by atoms with Gasteiger partial charge in [0.1, 0.15) is 11.6 Å². The summed E-state index contributed by atoms with van der Waals surface area (Å²) in [6.45, 7) is 0. The van der Waals surface area contributed by atoms with Crippen LogP contribution >= 0.6 is 11.3 Å². The lowest BCUT2D eigenvalue weighted by Gasteiger charge is -2.21. The number of aliphatic hydroxyl groups is 1. The second-order valence-corrected chi connectivity index (χ2v) is 5.71. The first-order chi connectivity index (χ1) is 10.4. The van der Waals surface area contributed by atoms with Gasteiger partial charge in [0.15, 0.2) is 11.1 Å². The van der Waals surface area contributed by atoms with Crippen molar-refractivity contribution >= 4 is 21.6 Å². The molecule has 22 heavy (non-hydrogen) atoms. The van der Waals surface area contributed by atoms with Gasteiger partial charge in [-0.1, -0.05) is 18.2 Å². The van der Waals surface area contributed by atoms with Gasteiger partial charge in [0, 0.05) is 11.6 Å². The number of hydrogen-bond donors (Lipinski definition) is 1. The van der Waals surface area contributed by atoms with Crippen LogP contribution < -0.4 is 0 Å². The highest BCUT2D eigenvalue weighted by molar-refractivity contribution is 7.18. The zero-order chi connectivity index (χ0) is 15.9. The van der Waals surface area contributed by atoms with E-state index in [0.717, 1.165) is 23.5 Å².